The van der Waals surface area contributed by atoms with Gasteiger partial charge in [0.05, 0.1) is 0 Å². The van der Waals surface area contributed by atoms with Gasteiger partial charge in [-0.15, -0.1) is 0 Å². The Kier molecular flexibility index (Phi) is 6.40. The quantitative estimate of drug-likeness (QED) is 0.545. The lowest BCUT2D eigenvalue weighted by molar-refractivity contribution is -0.122. The second-order valence-electron chi connectivity index (χ2n) is 7.11. The first-order chi connectivity index (χ1) is 14.7. The number of nitrogens with one attached hydrogen (secondary N) is 2. The van der Waals surface area contributed by atoms with Crippen LogP contribution in [0, 0.1) is 13.8 Å². The molecule has 0 aliphatic heterocycles. The summed E-state index contributed by atoms with van der Waals surface area (Å²) < 4.78 is 7.38. The summed E-state index contributed by atoms with van der Waals surface area (Å²) in [5.41, 5.74) is 11.2. The van der Waals surface area contributed by atoms with Crippen molar-refractivity contribution in [1.29, 1.82) is 0 Å². The Hall–Kier alpha value is -4.07. The molecule has 8 heteroatoms. The molecule has 3 amide bonds. The number of rotatable bonds is 7. The van der Waals surface area contributed by atoms with Crippen molar-refractivity contribution in [2.24, 2.45) is 5.73 Å². The predicted molar refractivity (Wildman–Crippen MR) is 118 cm³/mol. The number of nitrogens with two attached hydrogens (primary N) is 1. The van der Waals surface area contributed by atoms with E-state index in [0.717, 1.165) is 11.4 Å². The molecule has 1 atom stereocenters. The molecular weight excluding hydrogens is 396 g/mol. The second-order valence-corrected chi connectivity index (χ2v) is 7.11. The molecule has 0 saturated heterocycles. The van der Waals surface area contributed by atoms with Crippen molar-refractivity contribution >= 4 is 23.4 Å². The molecule has 0 aliphatic rings. The Morgan fingerprint density at radius 2 is 1.42 bits per heavy atom. The zero-order valence-corrected chi connectivity index (χ0v) is 17.5. The summed E-state index contributed by atoms with van der Waals surface area (Å²) in [6.07, 6.45) is -0.777. The van der Waals surface area contributed by atoms with Crippen molar-refractivity contribution in [1.82, 2.24) is 4.68 Å². The van der Waals surface area contributed by atoms with Gasteiger partial charge >= 0.3 is 0 Å². The van der Waals surface area contributed by atoms with E-state index in [0.29, 0.717) is 22.6 Å². The van der Waals surface area contributed by atoms with E-state index >= 15 is 0 Å². The lowest BCUT2D eigenvalue weighted by Gasteiger charge is -2.15. The van der Waals surface area contributed by atoms with E-state index < -0.39 is 12.0 Å². The summed E-state index contributed by atoms with van der Waals surface area (Å²) in [6.45, 7) is 5.43. The van der Waals surface area contributed by atoms with Crippen LogP contribution < -0.4 is 21.2 Å². The van der Waals surface area contributed by atoms with Gasteiger partial charge < -0.3 is 15.8 Å². The van der Waals surface area contributed by atoms with Gasteiger partial charge in [-0.25, -0.2) is 0 Å². The van der Waals surface area contributed by atoms with E-state index in [9.17, 15) is 14.4 Å². The standard InChI is InChI=1S/C23H24N4O4/c1-14-4-5-15(2)27(14)26-23(30)18-8-12-20(13-9-18)31-16(3)22(29)25-19-10-6-17(7-11-19)21(24)28/h4-13,16H,1-3H3,(H2,24,28)(H,25,29)(H,26,30)/t16-/m0/s1. The van der Waals surface area contributed by atoms with Crippen molar-refractivity contribution in [2.45, 2.75) is 26.9 Å². The average molecular weight is 420 g/mol. The maximum atomic E-state index is 12.5. The monoisotopic (exact) mass is 420 g/mol. The number of aryl methyl sites for hydroxylation is 2. The number of aromatic nitrogens is 1. The highest BCUT2D eigenvalue weighted by Gasteiger charge is 2.16. The number of hydrogen-bond acceptors (Lipinski definition) is 4. The van der Waals surface area contributed by atoms with E-state index in [1.54, 1.807) is 48.0 Å². The minimum absolute atomic E-state index is 0.251. The Morgan fingerprint density at radius 1 is 0.871 bits per heavy atom. The molecule has 1 aromatic heterocycles. The van der Waals surface area contributed by atoms with Crippen LogP contribution in [0.25, 0.3) is 0 Å². The number of benzene rings is 2. The third kappa shape index (κ3) is 5.30. The summed E-state index contributed by atoms with van der Waals surface area (Å²) in [5, 5.41) is 2.71. The summed E-state index contributed by atoms with van der Waals surface area (Å²) in [6, 6.07) is 16.6. The summed E-state index contributed by atoms with van der Waals surface area (Å²) in [5.74, 6) is -0.687. The molecule has 0 saturated carbocycles. The van der Waals surface area contributed by atoms with Gasteiger partial charge in [-0.05, 0) is 81.4 Å². The topological polar surface area (TPSA) is 115 Å². The van der Waals surface area contributed by atoms with Crippen molar-refractivity contribution < 1.29 is 19.1 Å². The first kappa shape index (κ1) is 21.6. The largest absolute Gasteiger partial charge is 0.481 e. The molecule has 0 fully saturated rings. The first-order valence-electron chi connectivity index (χ1n) is 9.68. The number of ether oxygens (including phenoxy) is 1. The van der Waals surface area contributed by atoms with Gasteiger partial charge in [-0.2, -0.15) is 0 Å². The van der Waals surface area contributed by atoms with Gasteiger partial charge in [0.1, 0.15) is 5.75 Å². The Balaban J connectivity index is 1.57. The van der Waals surface area contributed by atoms with E-state index in [1.807, 2.05) is 26.0 Å². The number of anilines is 1. The van der Waals surface area contributed by atoms with Gasteiger partial charge in [-0.1, -0.05) is 0 Å². The van der Waals surface area contributed by atoms with Crippen LogP contribution in [0.5, 0.6) is 5.75 Å². The number of hydrogen-bond donors (Lipinski definition) is 3. The number of carbonyl (C=O) groups is 3. The number of primary amides is 1. The highest BCUT2D eigenvalue weighted by molar-refractivity contribution is 6.00. The lowest BCUT2D eigenvalue weighted by atomic mass is 10.2. The fourth-order valence-electron chi connectivity index (χ4n) is 2.92. The highest BCUT2D eigenvalue weighted by atomic mass is 16.5. The molecular formula is C23H24N4O4. The molecule has 2 aromatic carbocycles. The van der Waals surface area contributed by atoms with Crippen molar-refractivity contribution in [3.63, 3.8) is 0 Å². The van der Waals surface area contributed by atoms with E-state index in [1.165, 1.54) is 12.1 Å². The molecule has 0 radical (unpaired) electrons. The van der Waals surface area contributed by atoms with Gasteiger partial charge in [0.15, 0.2) is 6.10 Å². The highest BCUT2D eigenvalue weighted by Crippen LogP contribution is 2.16. The number of amides is 3. The van der Waals surface area contributed by atoms with Crippen LogP contribution in [-0.2, 0) is 4.79 Å². The zero-order chi connectivity index (χ0) is 22.5. The molecule has 8 nitrogen and oxygen atoms in total. The van der Waals surface area contributed by atoms with Crippen LogP contribution in [-0.4, -0.2) is 28.5 Å². The third-order valence-electron chi connectivity index (χ3n) is 4.72. The summed E-state index contributed by atoms with van der Waals surface area (Å²) in [7, 11) is 0. The molecule has 0 unspecified atom stereocenters. The SMILES string of the molecule is Cc1ccc(C)n1NC(=O)c1ccc(O[C@@H](C)C(=O)Nc2ccc(C(N)=O)cc2)cc1. The number of nitrogens with zero attached hydrogens (tertiary/aromatic N) is 1. The molecule has 4 N–H and O–H groups in total. The maximum absolute atomic E-state index is 12.5. The molecule has 160 valence electrons. The lowest BCUT2D eigenvalue weighted by Crippen LogP contribution is -2.30. The van der Waals surface area contributed by atoms with Crippen LogP contribution in [0.4, 0.5) is 5.69 Å². The molecule has 31 heavy (non-hydrogen) atoms. The van der Waals surface area contributed by atoms with Crippen molar-refractivity contribution in [2.75, 3.05) is 10.7 Å². The molecule has 0 aliphatic carbocycles. The average Bonchev–Trinajstić information content (AvgIpc) is 3.06. The summed E-state index contributed by atoms with van der Waals surface area (Å²) in [4.78, 5) is 35.9. The fraction of sp³-hybridized carbons (Fsp3) is 0.174. The fourth-order valence-corrected chi connectivity index (χ4v) is 2.92. The van der Waals surface area contributed by atoms with Gasteiger partial charge in [0.25, 0.3) is 11.8 Å². The van der Waals surface area contributed by atoms with Crippen LogP contribution >= 0.6 is 0 Å². The van der Waals surface area contributed by atoms with Crippen LogP contribution in [0.15, 0.2) is 60.7 Å². The predicted octanol–water partition coefficient (Wildman–Crippen LogP) is 2.99. The minimum Gasteiger partial charge on any atom is -0.481 e. The molecule has 0 spiro atoms. The molecule has 1 heterocycles. The van der Waals surface area contributed by atoms with Gasteiger partial charge in [0.2, 0.25) is 5.91 Å². The van der Waals surface area contributed by atoms with Gasteiger partial charge in [-0.3, -0.25) is 24.5 Å². The summed E-state index contributed by atoms with van der Waals surface area (Å²) >= 11 is 0. The van der Waals surface area contributed by atoms with Crippen LogP contribution in [0.1, 0.15) is 39.0 Å². The second kappa shape index (κ2) is 9.17. The van der Waals surface area contributed by atoms with E-state index in [4.69, 9.17) is 10.5 Å². The van der Waals surface area contributed by atoms with E-state index in [2.05, 4.69) is 10.7 Å². The van der Waals surface area contributed by atoms with Crippen molar-refractivity contribution in [3.8, 4) is 5.75 Å². The smallest absolute Gasteiger partial charge is 0.270 e. The van der Waals surface area contributed by atoms with Crippen LogP contribution in [0.2, 0.25) is 0 Å². The molecule has 3 rings (SSSR count). The number of carbonyl (C=O) groups excluding carboxylic acids is 3. The Bertz CT molecular complexity index is 1080. The normalized spacial score (nSPS) is 11.5. The molecule has 3 aromatic rings. The third-order valence-corrected chi connectivity index (χ3v) is 4.72. The van der Waals surface area contributed by atoms with E-state index in [-0.39, 0.29) is 11.8 Å². The Labute approximate surface area is 180 Å². The molecule has 0 bridgehead atoms. The Morgan fingerprint density at radius 3 is 1.97 bits per heavy atom. The zero-order valence-electron chi connectivity index (χ0n) is 17.5. The maximum Gasteiger partial charge on any atom is 0.270 e. The van der Waals surface area contributed by atoms with Crippen LogP contribution in [0.3, 0.4) is 0 Å². The first-order valence-corrected chi connectivity index (χ1v) is 9.68. The van der Waals surface area contributed by atoms with Crippen molar-refractivity contribution in [3.05, 3.63) is 83.2 Å². The van der Waals surface area contributed by atoms with Gasteiger partial charge in [0, 0.05) is 28.2 Å². The minimum atomic E-state index is -0.777.